The zero-order valence-electron chi connectivity index (χ0n) is 8.65. The molecule has 0 amide bonds. The summed E-state index contributed by atoms with van der Waals surface area (Å²) in [5.41, 5.74) is 0.427. The molecule has 7 heteroatoms. The second-order valence-corrected chi connectivity index (χ2v) is 4.12. The number of carbonyl (C=O) groups excluding carboxylic acids is 1. The van der Waals surface area contributed by atoms with Crippen molar-refractivity contribution >= 4 is 32.7 Å². The average Bonchev–Trinajstić information content (AvgIpc) is 2.65. The maximum Gasteiger partial charge on any atom is 0.387 e. The van der Waals surface area contributed by atoms with Crippen molar-refractivity contribution in [3.05, 3.63) is 22.8 Å². The van der Waals surface area contributed by atoms with Gasteiger partial charge in [0.15, 0.2) is 5.75 Å². The van der Waals surface area contributed by atoms with Crippen molar-refractivity contribution in [3.8, 4) is 5.75 Å². The van der Waals surface area contributed by atoms with Crippen LogP contribution in [0.5, 0.6) is 5.75 Å². The maximum atomic E-state index is 12.3. The van der Waals surface area contributed by atoms with Crippen LogP contribution in [0.15, 0.2) is 22.8 Å². The summed E-state index contributed by atoms with van der Waals surface area (Å²) in [6, 6.07) is 3.13. The number of hydrogen-bond acceptors (Lipinski definition) is 3. The fraction of sp³-hybridized carbons (Fsp3) is 0.200. The number of rotatable bonds is 2. The first-order valence-electron chi connectivity index (χ1n) is 4.62. The van der Waals surface area contributed by atoms with E-state index in [0.29, 0.717) is 15.4 Å². The standard InChI is InChI=1S/C10H7BrF2N2O2/c1-5(16)15-8-3-2-7(11)9(17-10(12)13)6(8)4-14-15/h2-4,10H,1H3. The number of hydrogen-bond donors (Lipinski definition) is 0. The van der Waals surface area contributed by atoms with Crippen LogP contribution in [0.1, 0.15) is 11.7 Å². The number of aromatic nitrogens is 2. The Morgan fingerprint density at radius 2 is 2.24 bits per heavy atom. The number of nitrogens with zero attached hydrogens (tertiary/aromatic N) is 2. The molecular formula is C10H7BrF2N2O2. The lowest BCUT2D eigenvalue weighted by atomic mass is 10.2. The van der Waals surface area contributed by atoms with Crippen molar-refractivity contribution in [1.29, 1.82) is 0 Å². The SMILES string of the molecule is CC(=O)n1ncc2c(OC(F)F)c(Br)ccc21. The van der Waals surface area contributed by atoms with Crippen LogP contribution in [0, 0.1) is 0 Å². The Bertz CT molecular complexity index is 583. The molecule has 0 radical (unpaired) electrons. The molecule has 0 saturated carbocycles. The number of alkyl halides is 2. The summed E-state index contributed by atoms with van der Waals surface area (Å²) in [6.07, 6.45) is 1.32. The van der Waals surface area contributed by atoms with Crippen molar-refractivity contribution in [2.45, 2.75) is 13.5 Å². The van der Waals surface area contributed by atoms with Crippen LogP contribution in [0.25, 0.3) is 10.9 Å². The lowest BCUT2D eigenvalue weighted by Crippen LogP contribution is -2.07. The van der Waals surface area contributed by atoms with E-state index in [2.05, 4.69) is 25.8 Å². The topological polar surface area (TPSA) is 44.1 Å². The lowest BCUT2D eigenvalue weighted by molar-refractivity contribution is -0.0492. The van der Waals surface area contributed by atoms with Gasteiger partial charge in [-0.1, -0.05) is 0 Å². The molecule has 0 saturated heterocycles. The Labute approximate surface area is 103 Å². The normalized spacial score (nSPS) is 11.1. The van der Waals surface area contributed by atoms with Gasteiger partial charge in [-0.3, -0.25) is 4.79 Å². The summed E-state index contributed by atoms with van der Waals surface area (Å²) in [5.74, 6) is -0.324. The van der Waals surface area contributed by atoms with Gasteiger partial charge >= 0.3 is 6.61 Å². The summed E-state index contributed by atoms with van der Waals surface area (Å²) in [5, 5.41) is 4.18. The van der Waals surface area contributed by atoms with Crippen molar-refractivity contribution in [2.24, 2.45) is 0 Å². The van der Waals surface area contributed by atoms with Gasteiger partial charge < -0.3 is 4.74 Å². The molecule has 0 unspecified atom stereocenters. The minimum atomic E-state index is -2.93. The smallest absolute Gasteiger partial charge is 0.387 e. The van der Waals surface area contributed by atoms with Crippen LogP contribution in [0.2, 0.25) is 0 Å². The maximum absolute atomic E-state index is 12.3. The first-order valence-corrected chi connectivity index (χ1v) is 5.42. The monoisotopic (exact) mass is 304 g/mol. The van der Waals surface area contributed by atoms with E-state index in [1.807, 2.05) is 0 Å². The number of fused-ring (bicyclic) bond motifs is 1. The van der Waals surface area contributed by atoms with Crippen LogP contribution in [-0.2, 0) is 0 Å². The lowest BCUT2D eigenvalue weighted by Gasteiger charge is -2.08. The summed E-state index contributed by atoms with van der Waals surface area (Å²) >= 11 is 3.11. The molecule has 0 N–H and O–H groups in total. The van der Waals surface area contributed by atoms with Crippen molar-refractivity contribution in [1.82, 2.24) is 9.78 Å². The van der Waals surface area contributed by atoms with Crippen molar-refractivity contribution in [2.75, 3.05) is 0 Å². The number of carbonyl (C=O) groups is 1. The molecule has 0 aliphatic carbocycles. The molecule has 1 aromatic carbocycles. The van der Waals surface area contributed by atoms with Crippen LogP contribution in [0.4, 0.5) is 8.78 Å². The highest BCUT2D eigenvalue weighted by molar-refractivity contribution is 9.10. The predicted molar refractivity (Wildman–Crippen MR) is 60.4 cm³/mol. The third-order valence-electron chi connectivity index (χ3n) is 2.16. The molecule has 0 aliphatic heterocycles. The molecule has 2 rings (SSSR count). The molecule has 2 aromatic rings. The van der Waals surface area contributed by atoms with E-state index in [1.165, 1.54) is 19.2 Å². The number of ether oxygens (including phenoxy) is 1. The Kier molecular flexibility index (Phi) is 3.10. The first kappa shape index (κ1) is 12.0. The van der Waals surface area contributed by atoms with Crippen LogP contribution < -0.4 is 4.74 Å². The van der Waals surface area contributed by atoms with Gasteiger partial charge in [-0.15, -0.1) is 0 Å². The summed E-state index contributed by atoms with van der Waals surface area (Å²) in [4.78, 5) is 11.2. The quantitative estimate of drug-likeness (QED) is 0.856. The fourth-order valence-electron chi connectivity index (χ4n) is 1.51. The first-order chi connectivity index (χ1) is 8.00. The van der Waals surface area contributed by atoms with Crippen LogP contribution in [-0.4, -0.2) is 22.3 Å². The van der Waals surface area contributed by atoms with E-state index in [-0.39, 0.29) is 11.7 Å². The van der Waals surface area contributed by atoms with E-state index in [0.717, 1.165) is 4.68 Å². The van der Waals surface area contributed by atoms with Gasteiger partial charge in [0.2, 0.25) is 5.91 Å². The molecule has 0 atom stereocenters. The molecule has 4 nitrogen and oxygen atoms in total. The molecule has 0 spiro atoms. The summed E-state index contributed by atoms with van der Waals surface area (Å²) in [6.45, 7) is -1.60. The highest BCUT2D eigenvalue weighted by Gasteiger charge is 2.16. The van der Waals surface area contributed by atoms with E-state index >= 15 is 0 Å². The molecule has 0 aliphatic rings. The molecule has 1 heterocycles. The molecule has 0 fully saturated rings. The minimum Gasteiger partial charge on any atom is -0.433 e. The van der Waals surface area contributed by atoms with Crippen molar-refractivity contribution in [3.63, 3.8) is 0 Å². The molecular weight excluding hydrogens is 298 g/mol. The van der Waals surface area contributed by atoms with E-state index in [9.17, 15) is 13.6 Å². The summed E-state index contributed by atoms with van der Waals surface area (Å²) < 4.78 is 30.4. The highest BCUT2D eigenvalue weighted by atomic mass is 79.9. The Balaban J connectivity index is 2.66. The van der Waals surface area contributed by atoms with E-state index < -0.39 is 6.61 Å². The second-order valence-electron chi connectivity index (χ2n) is 3.26. The van der Waals surface area contributed by atoms with Crippen molar-refractivity contribution < 1.29 is 18.3 Å². The fourth-order valence-corrected chi connectivity index (χ4v) is 1.95. The van der Waals surface area contributed by atoms with Gasteiger partial charge in [0.25, 0.3) is 0 Å². The second kappa shape index (κ2) is 4.40. The van der Waals surface area contributed by atoms with Gasteiger partial charge in [0, 0.05) is 6.92 Å². The Morgan fingerprint density at radius 1 is 1.53 bits per heavy atom. The molecule has 17 heavy (non-hydrogen) atoms. The Morgan fingerprint density at radius 3 is 2.82 bits per heavy atom. The summed E-state index contributed by atoms with van der Waals surface area (Å²) in [7, 11) is 0. The largest absolute Gasteiger partial charge is 0.433 e. The zero-order valence-corrected chi connectivity index (χ0v) is 10.2. The molecule has 90 valence electrons. The Hall–Kier alpha value is -1.50. The minimum absolute atomic E-state index is 0.0231. The van der Waals surface area contributed by atoms with E-state index in [1.54, 1.807) is 6.07 Å². The number of benzene rings is 1. The van der Waals surface area contributed by atoms with E-state index in [4.69, 9.17) is 0 Å². The highest BCUT2D eigenvalue weighted by Crippen LogP contribution is 2.34. The van der Waals surface area contributed by atoms with Crippen LogP contribution in [0.3, 0.4) is 0 Å². The molecule has 1 aromatic heterocycles. The van der Waals surface area contributed by atoms with Gasteiger partial charge in [-0.25, -0.2) is 4.68 Å². The third-order valence-corrected chi connectivity index (χ3v) is 2.79. The zero-order chi connectivity index (χ0) is 12.6. The van der Waals surface area contributed by atoms with Gasteiger partial charge in [0.05, 0.1) is 21.6 Å². The number of halogens is 3. The van der Waals surface area contributed by atoms with Gasteiger partial charge in [-0.05, 0) is 28.1 Å². The van der Waals surface area contributed by atoms with Gasteiger partial charge in [0.1, 0.15) is 0 Å². The van der Waals surface area contributed by atoms with Crippen LogP contribution >= 0.6 is 15.9 Å². The third kappa shape index (κ3) is 2.14. The van der Waals surface area contributed by atoms with Gasteiger partial charge in [-0.2, -0.15) is 13.9 Å². The average molecular weight is 305 g/mol. The molecule has 0 bridgehead atoms. The predicted octanol–water partition coefficient (Wildman–Crippen LogP) is 3.06.